The van der Waals surface area contributed by atoms with Crippen LogP contribution in [0.2, 0.25) is 0 Å². The molecule has 0 bridgehead atoms. The van der Waals surface area contributed by atoms with Gasteiger partial charge >= 0.3 is 0 Å². The highest BCUT2D eigenvalue weighted by atomic mass is 32.1. The van der Waals surface area contributed by atoms with Gasteiger partial charge in [-0.25, -0.2) is 5.43 Å². The van der Waals surface area contributed by atoms with Crippen LogP contribution in [0.5, 0.6) is 5.75 Å². The second-order valence-electron chi connectivity index (χ2n) is 5.21. The van der Waals surface area contributed by atoms with Crippen LogP contribution in [0.25, 0.3) is 0 Å². The van der Waals surface area contributed by atoms with E-state index in [-0.39, 0.29) is 5.91 Å². The first-order valence-electron chi connectivity index (χ1n) is 7.08. The Balaban J connectivity index is 1.90. The molecule has 1 atom stereocenters. The van der Waals surface area contributed by atoms with E-state index >= 15 is 0 Å². The van der Waals surface area contributed by atoms with E-state index in [1.807, 2.05) is 50.4 Å². The lowest BCUT2D eigenvalue weighted by Gasteiger charge is -2.13. The molecule has 0 aliphatic rings. The van der Waals surface area contributed by atoms with E-state index in [0.717, 1.165) is 16.0 Å². The Morgan fingerprint density at radius 2 is 2.00 bits per heavy atom. The van der Waals surface area contributed by atoms with E-state index in [2.05, 4.69) is 10.5 Å². The molecule has 0 fully saturated rings. The summed E-state index contributed by atoms with van der Waals surface area (Å²) in [5.41, 5.74) is 5.98. The second kappa shape index (κ2) is 7.22. The van der Waals surface area contributed by atoms with Gasteiger partial charge in [-0.15, -0.1) is 11.3 Å². The molecule has 1 aromatic heterocycles. The van der Waals surface area contributed by atoms with E-state index in [9.17, 15) is 4.79 Å². The van der Waals surface area contributed by atoms with Gasteiger partial charge in [0.05, 0.1) is 6.21 Å². The molecule has 5 heteroatoms. The van der Waals surface area contributed by atoms with Crippen LogP contribution in [0.1, 0.15) is 28.5 Å². The number of aryl methyl sites for hydroxylation is 3. The zero-order valence-electron chi connectivity index (χ0n) is 13.2. The number of carbonyl (C=O) groups is 1. The van der Waals surface area contributed by atoms with Crippen LogP contribution in [-0.4, -0.2) is 18.2 Å². The Morgan fingerprint density at radius 3 is 2.64 bits per heavy atom. The van der Waals surface area contributed by atoms with Gasteiger partial charge in [0.15, 0.2) is 6.10 Å². The highest BCUT2D eigenvalue weighted by Crippen LogP contribution is 2.17. The van der Waals surface area contributed by atoms with E-state index in [0.29, 0.717) is 5.75 Å². The maximum Gasteiger partial charge on any atom is 0.280 e. The standard InChI is InChI=1S/C17H20N2O2S/c1-11-5-6-15(9-13(11)3)21-14(4)17(20)19-18-10-16-12(2)7-8-22-16/h5-10,14H,1-4H3,(H,19,20)/b18-10+. The van der Waals surface area contributed by atoms with Gasteiger partial charge in [-0.2, -0.15) is 5.10 Å². The van der Waals surface area contributed by atoms with Crippen LogP contribution < -0.4 is 10.2 Å². The molecule has 0 saturated carbocycles. The lowest BCUT2D eigenvalue weighted by atomic mass is 10.1. The Morgan fingerprint density at radius 1 is 1.23 bits per heavy atom. The van der Waals surface area contributed by atoms with Gasteiger partial charge in [0.2, 0.25) is 0 Å². The minimum atomic E-state index is -0.608. The van der Waals surface area contributed by atoms with Crippen LogP contribution in [0.15, 0.2) is 34.7 Å². The summed E-state index contributed by atoms with van der Waals surface area (Å²) in [5, 5.41) is 5.96. The number of nitrogens with zero attached hydrogens (tertiary/aromatic N) is 1. The fourth-order valence-electron chi connectivity index (χ4n) is 1.81. The van der Waals surface area contributed by atoms with Gasteiger partial charge in [0, 0.05) is 4.88 Å². The van der Waals surface area contributed by atoms with Crippen LogP contribution >= 0.6 is 11.3 Å². The van der Waals surface area contributed by atoms with E-state index in [1.165, 1.54) is 5.56 Å². The van der Waals surface area contributed by atoms with E-state index < -0.39 is 6.10 Å². The molecule has 0 spiro atoms. The third kappa shape index (κ3) is 4.18. The summed E-state index contributed by atoms with van der Waals surface area (Å²) in [5.74, 6) is 0.410. The summed E-state index contributed by atoms with van der Waals surface area (Å²) in [7, 11) is 0. The van der Waals surface area contributed by atoms with Gasteiger partial charge in [0.25, 0.3) is 5.91 Å². The van der Waals surface area contributed by atoms with Gasteiger partial charge < -0.3 is 4.74 Å². The highest BCUT2D eigenvalue weighted by Gasteiger charge is 2.14. The molecule has 0 aliphatic heterocycles. The van der Waals surface area contributed by atoms with Crippen molar-refractivity contribution in [3.63, 3.8) is 0 Å². The van der Waals surface area contributed by atoms with E-state index in [4.69, 9.17) is 4.74 Å². The number of carbonyl (C=O) groups excluding carboxylic acids is 1. The predicted octanol–water partition coefficient (Wildman–Crippen LogP) is 3.59. The van der Waals surface area contributed by atoms with Crippen molar-refractivity contribution >= 4 is 23.5 Å². The molecule has 1 aromatic carbocycles. The molecule has 116 valence electrons. The number of rotatable bonds is 5. The van der Waals surface area contributed by atoms with Gasteiger partial charge in [0.1, 0.15) is 5.75 Å². The Kier molecular flexibility index (Phi) is 5.33. The van der Waals surface area contributed by atoms with Gasteiger partial charge in [-0.3, -0.25) is 4.79 Å². The zero-order valence-corrected chi connectivity index (χ0v) is 14.0. The van der Waals surface area contributed by atoms with Crippen LogP contribution in [0.3, 0.4) is 0 Å². The SMILES string of the molecule is Cc1ccc(OC(C)C(=O)N/N=C/c2sccc2C)cc1C. The molecule has 2 aromatic rings. The molecule has 0 saturated heterocycles. The van der Waals surface area contributed by atoms with Crippen LogP contribution in [0.4, 0.5) is 0 Å². The van der Waals surface area contributed by atoms with Crippen molar-refractivity contribution in [1.29, 1.82) is 0 Å². The molecule has 1 heterocycles. The van der Waals surface area contributed by atoms with Crippen molar-refractivity contribution in [3.8, 4) is 5.75 Å². The molecule has 0 radical (unpaired) electrons. The summed E-state index contributed by atoms with van der Waals surface area (Å²) in [4.78, 5) is 13.0. The fraction of sp³-hybridized carbons (Fsp3) is 0.294. The first-order valence-corrected chi connectivity index (χ1v) is 7.96. The predicted molar refractivity (Wildman–Crippen MR) is 90.8 cm³/mol. The van der Waals surface area contributed by atoms with Gasteiger partial charge in [-0.1, -0.05) is 6.07 Å². The molecule has 2 rings (SSSR count). The fourth-order valence-corrected chi connectivity index (χ4v) is 2.59. The Hall–Kier alpha value is -2.14. The monoisotopic (exact) mass is 316 g/mol. The number of amides is 1. The minimum Gasteiger partial charge on any atom is -0.481 e. The van der Waals surface area contributed by atoms with Crippen molar-refractivity contribution in [2.75, 3.05) is 0 Å². The molecule has 1 amide bonds. The largest absolute Gasteiger partial charge is 0.481 e. The normalized spacial score (nSPS) is 12.4. The number of ether oxygens (including phenoxy) is 1. The number of hydrogen-bond acceptors (Lipinski definition) is 4. The highest BCUT2D eigenvalue weighted by molar-refractivity contribution is 7.11. The lowest BCUT2D eigenvalue weighted by molar-refractivity contribution is -0.127. The van der Waals surface area contributed by atoms with Crippen molar-refractivity contribution in [3.05, 3.63) is 51.2 Å². The average Bonchev–Trinajstić information content (AvgIpc) is 2.88. The van der Waals surface area contributed by atoms with Gasteiger partial charge in [-0.05, 0) is 68.0 Å². The number of benzene rings is 1. The lowest BCUT2D eigenvalue weighted by Crippen LogP contribution is -2.33. The average molecular weight is 316 g/mol. The maximum absolute atomic E-state index is 12.0. The molecule has 1 unspecified atom stereocenters. The molecule has 0 aliphatic carbocycles. The molecular weight excluding hydrogens is 296 g/mol. The third-order valence-electron chi connectivity index (χ3n) is 3.42. The molecule has 1 N–H and O–H groups in total. The number of nitrogens with one attached hydrogen (secondary N) is 1. The summed E-state index contributed by atoms with van der Waals surface area (Å²) in [6, 6.07) is 7.79. The quantitative estimate of drug-likeness (QED) is 0.677. The summed E-state index contributed by atoms with van der Waals surface area (Å²) >= 11 is 1.58. The second-order valence-corrected chi connectivity index (χ2v) is 6.16. The number of hydrogen-bond donors (Lipinski definition) is 1. The number of thiophene rings is 1. The Bertz CT molecular complexity index is 692. The minimum absolute atomic E-state index is 0.274. The van der Waals surface area contributed by atoms with Crippen molar-refractivity contribution < 1.29 is 9.53 Å². The van der Waals surface area contributed by atoms with E-state index in [1.54, 1.807) is 24.5 Å². The summed E-state index contributed by atoms with van der Waals surface area (Å²) in [6.45, 7) is 7.76. The van der Waals surface area contributed by atoms with Crippen molar-refractivity contribution in [2.45, 2.75) is 33.8 Å². The first kappa shape index (κ1) is 16.2. The number of hydrazone groups is 1. The Labute approximate surface area is 134 Å². The van der Waals surface area contributed by atoms with Crippen molar-refractivity contribution in [2.24, 2.45) is 5.10 Å². The molecule has 22 heavy (non-hydrogen) atoms. The van der Waals surface area contributed by atoms with Crippen LogP contribution in [0, 0.1) is 20.8 Å². The zero-order chi connectivity index (χ0) is 16.1. The van der Waals surface area contributed by atoms with Crippen molar-refractivity contribution in [1.82, 2.24) is 5.43 Å². The molecular formula is C17H20N2O2S. The smallest absolute Gasteiger partial charge is 0.280 e. The summed E-state index contributed by atoms with van der Waals surface area (Å²) in [6.07, 6.45) is 1.05. The molecule has 4 nitrogen and oxygen atoms in total. The summed E-state index contributed by atoms with van der Waals surface area (Å²) < 4.78 is 5.64. The maximum atomic E-state index is 12.0. The first-order chi connectivity index (χ1) is 10.5. The topological polar surface area (TPSA) is 50.7 Å². The van der Waals surface area contributed by atoms with Crippen LogP contribution in [-0.2, 0) is 4.79 Å². The third-order valence-corrected chi connectivity index (χ3v) is 4.37.